The van der Waals surface area contributed by atoms with Gasteiger partial charge in [-0.05, 0) is 24.6 Å². The Bertz CT molecular complexity index is 748. The van der Waals surface area contributed by atoms with E-state index in [1.165, 1.54) is 29.6 Å². The average Bonchev–Trinajstić information content (AvgIpc) is 2.80. The Morgan fingerprint density at radius 3 is 2.48 bits per heavy atom. The van der Waals surface area contributed by atoms with Crippen molar-refractivity contribution >= 4 is 27.7 Å². The fraction of sp³-hybridized carbons (Fsp3) is 0.500. The van der Waals surface area contributed by atoms with E-state index >= 15 is 0 Å². The van der Waals surface area contributed by atoms with Gasteiger partial charge in [-0.25, -0.2) is 0 Å². The molecule has 1 aliphatic heterocycles. The van der Waals surface area contributed by atoms with Crippen molar-refractivity contribution < 1.29 is 18.0 Å². The van der Waals surface area contributed by atoms with E-state index in [0.29, 0.717) is 37.3 Å². The summed E-state index contributed by atoms with van der Waals surface area (Å²) in [4.78, 5) is 25.5. The fourth-order valence-corrected chi connectivity index (χ4v) is 3.81. The van der Waals surface area contributed by atoms with Gasteiger partial charge >= 0.3 is 0 Å². The highest BCUT2D eigenvalue weighted by Crippen LogP contribution is 2.16. The average molecular weight is 368 g/mol. The standard InChI is InChI=1S/C16H24N4O4S/c1-13(21)17-15-7-4-6-14(12-15)16(22)19-8-5-9-20(11-10-19)25(23,24)18(2)3/h4,6-7,12H,5,8-11H2,1-3H3,(H,17,21). The number of anilines is 1. The highest BCUT2D eigenvalue weighted by Gasteiger charge is 2.28. The van der Waals surface area contributed by atoms with E-state index in [-0.39, 0.29) is 18.4 Å². The van der Waals surface area contributed by atoms with Crippen LogP contribution in [0, 0.1) is 0 Å². The minimum atomic E-state index is -3.48. The molecule has 1 fully saturated rings. The van der Waals surface area contributed by atoms with Gasteiger partial charge in [0.1, 0.15) is 0 Å². The number of amides is 2. The summed E-state index contributed by atoms with van der Waals surface area (Å²) in [6.45, 7) is 2.87. The van der Waals surface area contributed by atoms with Crippen LogP contribution in [0.1, 0.15) is 23.7 Å². The molecule has 2 rings (SSSR count). The van der Waals surface area contributed by atoms with Crippen molar-refractivity contribution in [3.8, 4) is 0 Å². The van der Waals surface area contributed by atoms with Crippen molar-refractivity contribution in [2.45, 2.75) is 13.3 Å². The first-order valence-electron chi connectivity index (χ1n) is 8.06. The zero-order valence-electron chi connectivity index (χ0n) is 14.7. The summed E-state index contributed by atoms with van der Waals surface area (Å²) in [6.07, 6.45) is 0.574. The predicted molar refractivity (Wildman–Crippen MR) is 95.4 cm³/mol. The molecule has 0 bridgehead atoms. The second-order valence-electron chi connectivity index (χ2n) is 6.10. The van der Waals surface area contributed by atoms with Crippen molar-refractivity contribution in [1.29, 1.82) is 0 Å². The number of nitrogens with zero attached hydrogens (tertiary/aromatic N) is 3. The minimum Gasteiger partial charge on any atom is -0.337 e. The molecule has 0 spiro atoms. The van der Waals surface area contributed by atoms with Gasteiger partial charge in [0.25, 0.3) is 16.1 Å². The molecular formula is C16H24N4O4S. The van der Waals surface area contributed by atoms with E-state index in [2.05, 4.69) is 5.32 Å². The Morgan fingerprint density at radius 1 is 1.12 bits per heavy atom. The van der Waals surface area contributed by atoms with Crippen molar-refractivity contribution in [3.63, 3.8) is 0 Å². The molecule has 0 saturated carbocycles. The fourth-order valence-electron chi connectivity index (χ4n) is 2.67. The summed E-state index contributed by atoms with van der Waals surface area (Å²) in [7, 11) is -0.483. The quantitative estimate of drug-likeness (QED) is 0.843. The van der Waals surface area contributed by atoms with E-state index in [4.69, 9.17) is 0 Å². The molecule has 1 saturated heterocycles. The van der Waals surface area contributed by atoms with Crippen molar-refractivity contribution in [2.75, 3.05) is 45.6 Å². The van der Waals surface area contributed by atoms with Gasteiger partial charge in [0.15, 0.2) is 0 Å². The van der Waals surface area contributed by atoms with E-state index in [1.807, 2.05) is 0 Å². The lowest BCUT2D eigenvalue weighted by atomic mass is 10.1. The summed E-state index contributed by atoms with van der Waals surface area (Å²) < 4.78 is 27.1. The molecule has 0 aromatic heterocycles. The molecule has 0 aliphatic carbocycles. The van der Waals surface area contributed by atoms with E-state index in [1.54, 1.807) is 29.2 Å². The number of carbonyl (C=O) groups excluding carboxylic acids is 2. The van der Waals surface area contributed by atoms with Crippen LogP contribution in [-0.2, 0) is 15.0 Å². The molecule has 8 nitrogen and oxygen atoms in total. The van der Waals surface area contributed by atoms with Gasteiger partial charge in [0.2, 0.25) is 5.91 Å². The summed E-state index contributed by atoms with van der Waals surface area (Å²) in [5.41, 5.74) is 1.03. The smallest absolute Gasteiger partial charge is 0.281 e. The van der Waals surface area contributed by atoms with Crippen molar-refractivity contribution in [1.82, 2.24) is 13.5 Å². The Balaban J connectivity index is 2.10. The first-order valence-corrected chi connectivity index (χ1v) is 9.46. The van der Waals surface area contributed by atoms with Gasteiger partial charge in [-0.15, -0.1) is 0 Å². The Morgan fingerprint density at radius 2 is 1.84 bits per heavy atom. The van der Waals surface area contributed by atoms with Crippen molar-refractivity contribution in [2.24, 2.45) is 0 Å². The monoisotopic (exact) mass is 368 g/mol. The van der Waals surface area contributed by atoms with Crippen LogP contribution in [0.25, 0.3) is 0 Å². The molecule has 0 radical (unpaired) electrons. The first kappa shape index (κ1) is 19.4. The molecule has 1 N–H and O–H groups in total. The van der Waals surface area contributed by atoms with Crippen molar-refractivity contribution in [3.05, 3.63) is 29.8 Å². The van der Waals surface area contributed by atoms with Gasteiger partial charge in [0, 0.05) is 58.4 Å². The van der Waals surface area contributed by atoms with Crippen LogP contribution in [0.4, 0.5) is 5.69 Å². The number of hydrogen-bond donors (Lipinski definition) is 1. The second kappa shape index (κ2) is 7.94. The van der Waals surface area contributed by atoms with Crippen LogP contribution in [0.2, 0.25) is 0 Å². The molecular weight excluding hydrogens is 344 g/mol. The maximum Gasteiger partial charge on any atom is 0.281 e. The van der Waals surface area contributed by atoms with E-state index in [9.17, 15) is 18.0 Å². The van der Waals surface area contributed by atoms with Gasteiger partial charge in [-0.2, -0.15) is 17.0 Å². The number of rotatable bonds is 4. The Hall–Kier alpha value is -1.97. The van der Waals surface area contributed by atoms with E-state index in [0.717, 1.165) is 0 Å². The molecule has 1 heterocycles. The number of carbonyl (C=O) groups is 2. The minimum absolute atomic E-state index is 0.170. The molecule has 1 aliphatic rings. The second-order valence-corrected chi connectivity index (χ2v) is 8.24. The van der Waals surface area contributed by atoms with E-state index < -0.39 is 10.2 Å². The summed E-state index contributed by atoms with van der Waals surface area (Å²) in [6, 6.07) is 6.74. The molecule has 25 heavy (non-hydrogen) atoms. The van der Waals surface area contributed by atoms with Crippen LogP contribution in [-0.4, -0.2) is 74.0 Å². The van der Waals surface area contributed by atoms with Gasteiger partial charge in [-0.3, -0.25) is 9.59 Å². The van der Waals surface area contributed by atoms with Gasteiger partial charge in [-0.1, -0.05) is 6.07 Å². The van der Waals surface area contributed by atoms with Crippen LogP contribution in [0.3, 0.4) is 0 Å². The SMILES string of the molecule is CC(=O)Nc1cccc(C(=O)N2CCCN(S(=O)(=O)N(C)C)CC2)c1. The summed E-state index contributed by atoms with van der Waals surface area (Å²) in [5.74, 6) is -0.375. The third-order valence-electron chi connectivity index (χ3n) is 3.96. The third-order valence-corrected chi connectivity index (χ3v) is 5.90. The molecule has 0 unspecified atom stereocenters. The van der Waals surface area contributed by atoms with Crippen LogP contribution in [0.5, 0.6) is 0 Å². The molecule has 9 heteroatoms. The molecule has 1 aromatic rings. The highest BCUT2D eigenvalue weighted by molar-refractivity contribution is 7.86. The number of benzene rings is 1. The molecule has 1 aromatic carbocycles. The lowest BCUT2D eigenvalue weighted by Crippen LogP contribution is -2.42. The van der Waals surface area contributed by atoms with Crippen LogP contribution >= 0.6 is 0 Å². The number of hydrogen-bond acceptors (Lipinski definition) is 4. The van der Waals surface area contributed by atoms with Crippen LogP contribution < -0.4 is 5.32 Å². The maximum absolute atomic E-state index is 12.7. The topological polar surface area (TPSA) is 90.0 Å². The largest absolute Gasteiger partial charge is 0.337 e. The van der Waals surface area contributed by atoms with Gasteiger partial charge in [0.05, 0.1) is 0 Å². The summed E-state index contributed by atoms with van der Waals surface area (Å²) >= 11 is 0. The lowest BCUT2D eigenvalue weighted by molar-refractivity contribution is -0.114. The third kappa shape index (κ3) is 4.77. The zero-order valence-corrected chi connectivity index (χ0v) is 15.5. The Kier molecular flexibility index (Phi) is 6.15. The molecule has 2 amide bonds. The molecule has 0 atom stereocenters. The highest BCUT2D eigenvalue weighted by atomic mass is 32.2. The number of nitrogens with one attached hydrogen (secondary N) is 1. The summed E-state index contributed by atoms with van der Waals surface area (Å²) in [5, 5.41) is 2.65. The maximum atomic E-state index is 12.7. The van der Waals surface area contributed by atoms with Crippen LogP contribution in [0.15, 0.2) is 24.3 Å². The first-order chi connectivity index (χ1) is 11.7. The predicted octanol–water partition coefficient (Wildman–Crippen LogP) is 0.599. The molecule has 138 valence electrons. The van der Waals surface area contributed by atoms with Gasteiger partial charge < -0.3 is 10.2 Å². The normalized spacial score (nSPS) is 16.6. The lowest BCUT2D eigenvalue weighted by Gasteiger charge is -2.24. The zero-order chi connectivity index (χ0) is 18.6. The Labute approximate surface area is 148 Å².